The Morgan fingerprint density at radius 2 is 2.27 bits per heavy atom. The summed E-state index contributed by atoms with van der Waals surface area (Å²) in [5.41, 5.74) is 2.16. The topological polar surface area (TPSA) is 21.3 Å². The number of nitrogens with one attached hydrogen (secondary N) is 1. The molecular formula is C12H16ClNO. The summed E-state index contributed by atoms with van der Waals surface area (Å²) >= 11 is 5.92. The van der Waals surface area contributed by atoms with Crippen LogP contribution >= 0.6 is 11.6 Å². The van der Waals surface area contributed by atoms with Crippen molar-refractivity contribution in [2.45, 2.75) is 13.3 Å². The van der Waals surface area contributed by atoms with E-state index >= 15 is 0 Å². The maximum absolute atomic E-state index is 5.92. The van der Waals surface area contributed by atoms with E-state index in [1.54, 1.807) is 7.11 Å². The standard InChI is InChI=1S/C12H16ClNO/c1-4-9(2)8-14-10-5-6-11(13)12(7-10)15-3/h5-7,14H,2,4,8H2,1,3H3. The number of benzene rings is 1. The Bertz CT molecular complexity index is 349. The minimum Gasteiger partial charge on any atom is -0.495 e. The molecule has 0 radical (unpaired) electrons. The smallest absolute Gasteiger partial charge is 0.139 e. The molecular weight excluding hydrogens is 210 g/mol. The lowest BCUT2D eigenvalue weighted by molar-refractivity contribution is 0.415. The first-order valence-corrected chi connectivity index (χ1v) is 5.29. The first kappa shape index (κ1) is 11.9. The molecule has 3 heteroatoms. The Labute approximate surface area is 95.9 Å². The molecule has 0 bridgehead atoms. The molecule has 15 heavy (non-hydrogen) atoms. The number of hydrogen-bond acceptors (Lipinski definition) is 2. The average molecular weight is 226 g/mol. The largest absolute Gasteiger partial charge is 0.495 e. The summed E-state index contributed by atoms with van der Waals surface area (Å²) in [5, 5.41) is 3.88. The first-order valence-electron chi connectivity index (χ1n) is 4.91. The zero-order valence-electron chi connectivity index (χ0n) is 9.14. The van der Waals surface area contributed by atoms with Crippen molar-refractivity contribution in [2.75, 3.05) is 19.0 Å². The second-order valence-electron chi connectivity index (χ2n) is 3.31. The van der Waals surface area contributed by atoms with Crippen LogP contribution in [0.1, 0.15) is 13.3 Å². The Kier molecular flexibility index (Phi) is 4.50. The van der Waals surface area contributed by atoms with Crippen molar-refractivity contribution in [1.82, 2.24) is 0 Å². The van der Waals surface area contributed by atoms with Gasteiger partial charge in [0, 0.05) is 18.3 Å². The van der Waals surface area contributed by atoms with Gasteiger partial charge in [-0.1, -0.05) is 30.7 Å². The Hall–Kier alpha value is -1.15. The van der Waals surface area contributed by atoms with Crippen LogP contribution in [0.5, 0.6) is 5.75 Å². The van der Waals surface area contributed by atoms with Gasteiger partial charge in [0.05, 0.1) is 12.1 Å². The van der Waals surface area contributed by atoms with Crippen molar-refractivity contribution in [2.24, 2.45) is 0 Å². The highest BCUT2D eigenvalue weighted by molar-refractivity contribution is 6.32. The van der Waals surface area contributed by atoms with E-state index in [2.05, 4.69) is 18.8 Å². The third-order valence-corrected chi connectivity index (χ3v) is 2.51. The molecule has 1 N–H and O–H groups in total. The third-order valence-electron chi connectivity index (χ3n) is 2.19. The molecule has 0 fully saturated rings. The average Bonchev–Trinajstić information content (AvgIpc) is 2.27. The van der Waals surface area contributed by atoms with E-state index in [1.807, 2.05) is 18.2 Å². The number of halogens is 1. The molecule has 0 saturated heterocycles. The highest BCUT2D eigenvalue weighted by Crippen LogP contribution is 2.27. The molecule has 0 saturated carbocycles. The fourth-order valence-corrected chi connectivity index (χ4v) is 1.32. The van der Waals surface area contributed by atoms with Crippen LogP contribution in [0, 0.1) is 0 Å². The first-order chi connectivity index (χ1) is 7.17. The van der Waals surface area contributed by atoms with Gasteiger partial charge in [0.25, 0.3) is 0 Å². The zero-order chi connectivity index (χ0) is 11.3. The van der Waals surface area contributed by atoms with Crippen LogP contribution in [0.4, 0.5) is 5.69 Å². The van der Waals surface area contributed by atoms with Gasteiger partial charge in [0.2, 0.25) is 0 Å². The van der Waals surface area contributed by atoms with Crippen LogP contribution in [-0.2, 0) is 0 Å². The molecule has 0 heterocycles. The van der Waals surface area contributed by atoms with E-state index in [0.29, 0.717) is 10.8 Å². The van der Waals surface area contributed by atoms with Gasteiger partial charge in [-0.25, -0.2) is 0 Å². The Balaban J connectivity index is 2.66. The molecule has 0 amide bonds. The molecule has 1 aromatic rings. The SMILES string of the molecule is C=C(CC)CNc1ccc(Cl)c(OC)c1. The van der Waals surface area contributed by atoms with Crippen LogP contribution < -0.4 is 10.1 Å². The van der Waals surface area contributed by atoms with Gasteiger partial charge in [0.15, 0.2) is 0 Å². The molecule has 0 unspecified atom stereocenters. The highest BCUT2D eigenvalue weighted by Gasteiger charge is 2.01. The summed E-state index contributed by atoms with van der Waals surface area (Å²) in [6.07, 6.45) is 0.984. The monoisotopic (exact) mass is 225 g/mol. The molecule has 0 aliphatic heterocycles. The molecule has 0 aliphatic rings. The lowest BCUT2D eigenvalue weighted by atomic mass is 10.2. The van der Waals surface area contributed by atoms with Crippen LogP contribution in [0.3, 0.4) is 0 Å². The number of methoxy groups -OCH3 is 1. The minimum absolute atomic E-state index is 0.623. The molecule has 0 spiro atoms. The third kappa shape index (κ3) is 3.48. The Morgan fingerprint density at radius 3 is 2.87 bits per heavy atom. The lowest BCUT2D eigenvalue weighted by Gasteiger charge is -2.09. The number of anilines is 1. The van der Waals surface area contributed by atoms with Crippen molar-refractivity contribution in [3.63, 3.8) is 0 Å². The number of rotatable bonds is 5. The van der Waals surface area contributed by atoms with Crippen molar-refractivity contribution >= 4 is 17.3 Å². The van der Waals surface area contributed by atoms with E-state index in [9.17, 15) is 0 Å². The van der Waals surface area contributed by atoms with Gasteiger partial charge in [-0.3, -0.25) is 0 Å². The van der Waals surface area contributed by atoms with E-state index in [-0.39, 0.29) is 0 Å². The predicted molar refractivity (Wildman–Crippen MR) is 65.9 cm³/mol. The molecule has 0 aromatic heterocycles. The molecule has 0 aliphatic carbocycles. The zero-order valence-corrected chi connectivity index (χ0v) is 9.90. The second-order valence-corrected chi connectivity index (χ2v) is 3.71. The predicted octanol–water partition coefficient (Wildman–Crippen LogP) is 3.73. The van der Waals surface area contributed by atoms with Crippen molar-refractivity contribution in [1.29, 1.82) is 0 Å². The van der Waals surface area contributed by atoms with E-state index in [4.69, 9.17) is 16.3 Å². The van der Waals surface area contributed by atoms with Gasteiger partial charge in [-0.05, 0) is 18.6 Å². The van der Waals surface area contributed by atoms with Crippen molar-refractivity contribution in [3.05, 3.63) is 35.4 Å². The van der Waals surface area contributed by atoms with E-state index < -0.39 is 0 Å². The molecule has 82 valence electrons. The second kappa shape index (κ2) is 5.66. The minimum atomic E-state index is 0.623. The lowest BCUT2D eigenvalue weighted by Crippen LogP contribution is -2.03. The van der Waals surface area contributed by atoms with Crippen LogP contribution in [0.2, 0.25) is 5.02 Å². The van der Waals surface area contributed by atoms with Gasteiger partial charge < -0.3 is 10.1 Å². The maximum atomic E-state index is 5.92. The van der Waals surface area contributed by atoms with Gasteiger partial charge >= 0.3 is 0 Å². The molecule has 2 nitrogen and oxygen atoms in total. The van der Waals surface area contributed by atoms with Crippen molar-refractivity contribution < 1.29 is 4.74 Å². The van der Waals surface area contributed by atoms with E-state index in [0.717, 1.165) is 18.7 Å². The fourth-order valence-electron chi connectivity index (χ4n) is 1.12. The van der Waals surface area contributed by atoms with Crippen molar-refractivity contribution in [3.8, 4) is 5.75 Å². The number of ether oxygens (including phenoxy) is 1. The van der Waals surface area contributed by atoms with Gasteiger partial charge in [-0.15, -0.1) is 0 Å². The summed E-state index contributed by atoms with van der Waals surface area (Å²) in [4.78, 5) is 0. The highest BCUT2D eigenvalue weighted by atomic mass is 35.5. The van der Waals surface area contributed by atoms with Gasteiger partial charge in [0.1, 0.15) is 5.75 Å². The normalized spacial score (nSPS) is 9.80. The molecule has 0 atom stereocenters. The summed E-state index contributed by atoms with van der Waals surface area (Å²) < 4.78 is 5.12. The Morgan fingerprint density at radius 1 is 1.53 bits per heavy atom. The summed E-state index contributed by atoms with van der Waals surface area (Å²) in [6, 6.07) is 5.62. The summed E-state index contributed by atoms with van der Waals surface area (Å²) in [7, 11) is 1.61. The molecule has 1 aromatic carbocycles. The van der Waals surface area contributed by atoms with E-state index in [1.165, 1.54) is 5.57 Å². The quantitative estimate of drug-likeness (QED) is 0.772. The molecule has 1 rings (SSSR count). The summed E-state index contributed by atoms with van der Waals surface area (Å²) in [5.74, 6) is 0.684. The van der Waals surface area contributed by atoms with Gasteiger partial charge in [-0.2, -0.15) is 0 Å². The van der Waals surface area contributed by atoms with Crippen LogP contribution in [0.15, 0.2) is 30.4 Å². The van der Waals surface area contributed by atoms with Crippen LogP contribution in [-0.4, -0.2) is 13.7 Å². The maximum Gasteiger partial charge on any atom is 0.139 e. The number of hydrogen-bond donors (Lipinski definition) is 1. The summed E-state index contributed by atoms with van der Waals surface area (Å²) in [6.45, 7) is 6.80. The van der Waals surface area contributed by atoms with Crippen LogP contribution in [0.25, 0.3) is 0 Å². The fraction of sp³-hybridized carbons (Fsp3) is 0.333.